The third kappa shape index (κ3) is 3.16. The summed E-state index contributed by atoms with van der Waals surface area (Å²) < 4.78 is 15.4. The lowest BCUT2D eigenvalue weighted by Crippen LogP contribution is -2.24. The van der Waals surface area contributed by atoms with E-state index in [1.54, 1.807) is 29.8 Å². The first-order chi connectivity index (χ1) is 9.63. The van der Waals surface area contributed by atoms with E-state index in [0.717, 1.165) is 0 Å². The lowest BCUT2D eigenvalue weighted by atomic mass is 10.2. The second kappa shape index (κ2) is 6.51. The lowest BCUT2D eigenvalue weighted by Gasteiger charge is -2.04. The van der Waals surface area contributed by atoms with Crippen LogP contribution in [0.2, 0.25) is 0 Å². The van der Waals surface area contributed by atoms with Crippen LogP contribution in [-0.2, 0) is 11.8 Å². The minimum Gasteiger partial charge on any atom is -0.356 e. The Morgan fingerprint density at radius 3 is 2.85 bits per heavy atom. The number of nitrogens with zero attached hydrogens (tertiary/aromatic N) is 3. The quantitative estimate of drug-likeness (QED) is 0.855. The molecule has 7 heteroatoms. The van der Waals surface area contributed by atoms with Gasteiger partial charge in [-0.1, -0.05) is 23.9 Å². The summed E-state index contributed by atoms with van der Waals surface area (Å²) in [5, 5.41) is 11.3. The molecular weight excluding hydrogens is 279 g/mol. The smallest absolute Gasteiger partial charge is 0.230 e. The van der Waals surface area contributed by atoms with Crippen LogP contribution in [0.5, 0.6) is 0 Å². The second-order valence-corrected chi connectivity index (χ2v) is 5.03. The molecule has 1 N–H and O–H groups in total. The van der Waals surface area contributed by atoms with Crippen LogP contribution in [0.15, 0.2) is 29.4 Å². The number of carbonyl (C=O) groups is 1. The van der Waals surface area contributed by atoms with E-state index in [4.69, 9.17) is 0 Å². The van der Waals surface area contributed by atoms with Crippen LogP contribution in [0, 0.1) is 5.82 Å². The van der Waals surface area contributed by atoms with Gasteiger partial charge in [0.1, 0.15) is 5.82 Å². The van der Waals surface area contributed by atoms with Crippen LogP contribution in [0.25, 0.3) is 11.4 Å². The Morgan fingerprint density at radius 1 is 1.40 bits per heavy atom. The molecule has 2 aromatic rings. The summed E-state index contributed by atoms with van der Waals surface area (Å²) in [4.78, 5) is 11.4. The average Bonchev–Trinajstić information content (AvgIpc) is 2.79. The first-order valence-corrected chi connectivity index (χ1v) is 7.15. The normalized spacial score (nSPS) is 10.6. The van der Waals surface area contributed by atoms with Gasteiger partial charge in [-0.25, -0.2) is 4.39 Å². The lowest BCUT2D eigenvalue weighted by molar-refractivity contribution is -0.118. The Balaban J connectivity index is 2.15. The van der Waals surface area contributed by atoms with Crippen molar-refractivity contribution in [2.24, 2.45) is 7.05 Å². The van der Waals surface area contributed by atoms with E-state index in [1.807, 2.05) is 6.92 Å². The molecule has 2 rings (SSSR count). The second-order valence-electron chi connectivity index (χ2n) is 4.09. The van der Waals surface area contributed by atoms with Crippen molar-refractivity contribution in [1.82, 2.24) is 20.1 Å². The number of rotatable bonds is 5. The molecule has 0 bridgehead atoms. The van der Waals surface area contributed by atoms with Crippen molar-refractivity contribution in [3.63, 3.8) is 0 Å². The fourth-order valence-corrected chi connectivity index (χ4v) is 2.44. The van der Waals surface area contributed by atoms with E-state index < -0.39 is 0 Å². The van der Waals surface area contributed by atoms with Gasteiger partial charge in [-0.15, -0.1) is 10.2 Å². The van der Waals surface area contributed by atoms with E-state index in [2.05, 4.69) is 15.5 Å². The van der Waals surface area contributed by atoms with E-state index in [1.165, 1.54) is 17.8 Å². The highest BCUT2D eigenvalue weighted by Gasteiger charge is 2.15. The largest absolute Gasteiger partial charge is 0.356 e. The number of aromatic nitrogens is 3. The Kier molecular flexibility index (Phi) is 4.73. The van der Waals surface area contributed by atoms with Crippen molar-refractivity contribution >= 4 is 17.7 Å². The van der Waals surface area contributed by atoms with Crippen molar-refractivity contribution in [3.05, 3.63) is 30.1 Å². The highest BCUT2D eigenvalue weighted by Crippen LogP contribution is 2.24. The molecule has 1 aromatic heterocycles. The molecule has 0 aliphatic carbocycles. The fraction of sp³-hybridized carbons (Fsp3) is 0.308. The number of halogens is 1. The molecule has 0 saturated carbocycles. The van der Waals surface area contributed by atoms with Gasteiger partial charge in [-0.2, -0.15) is 0 Å². The number of thioether (sulfide) groups is 1. The Labute approximate surface area is 120 Å². The average molecular weight is 294 g/mol. The molecule has 0 radical (unpaired) electrons. The van der Waals surface area contributed by atoms with Crippen LogP contribution in [-0.4, -0.2) is 33.0 Å². The summed E-state index contributed by atoms with van der Waals surface area (Å²) in [5.41, 5.74) is 0.396. The summed E-state index contributed by atoms with van der Waals surface area (Å²) in [5.74, 6) is 0.301. The molecule has 1 heterocycles. The minimum atomic E-state index is -0.344. The number of carbonyl (C=O) groups excluding carboxylic acids is 1. The van der Waals surface area contributed by atoms with Crippen LogP contribution in [0.4, 0.5) is 4.39 Å². The van der Waals surface area contributed by atoms with Crippen molar-refractivity contribution in [2.45, 2.75) is 12.1 Å². The number of benzene rings is 1. The summed E-state index contributed by atoms with van der Waals surface area (Å²) >= 11 is 1.27. The van der Waals surface area contributed by atoms with Gasteiger partial charge in [0.25, 0.3) is 0 Å². The summed E-state index contributed by atoms with van der Waals surface area (Å²) in [7, 11) is 1.75. The van der Waals surface area contributed by atoms with E-state index in [-0.39, 0.29) is 17.5 Å². The molecule has 5 nitrogen and oxygen atoms in total. The van der Waals surface area contributed by atoms with Gasteiger partial charge >= 0.3 is 0 Å². The Bertz CT molecular complexity index is 614. The number of hydrogen-bond acceptors (Lipinski definition) is 4. The molecular formula is C13H15FN4OS. The molecule has 20 heavy (non-hydrogen) atoms. The summed E-state index contributed by atoms with van der Waals surface area (Å²) in [6.07, 6.45) is 0. The summed E-state index contributed by atoms with van der Waals surface area (Å²) in [6.45, 7) is 2.46. The zero-order valence-corrected chi connectivity index (χ0v) is 12.1. The zero-order chi connectivity index (χ0) is 14.5. The fourth-order valence-electron chi connectivity index (χ4n) is 1.70. The Morgan fingerprint density at radius 2 is 2.15 bits per heavy atom. The van der Waals surface area contributed by atoms with Crippen molar-refractivity contribution in [1.29, 1.82) is 0 Å². The van der Waals surface area contributed by atoms with Crippen molar-refractivity contribution in [3.8, 4) is 11.4 Å². The monoisotopic (exact) mass is 294 g/mol. The van der Waals surface area contributed by atoms with E-state index in [0.29, 0.717) is 23.1 Å². The third-order valence-corrected chi connectivity index (χ3v) is 3.68. The number of nitrogens with one attached hydrogen (secondary N) is 1. The number of amides is 1. The predicted octanol–water partition coefficient (Wildman–Crippen LogP) is 1.85. The minimum absolute atomic E-state index is 0.0621. The highest BCUT2D eigenvalue weighted by molar-refractivity contribution is 7.99. The maximum absolute atomic E-state index is 13.7. The van der Waals surface area contributed by atoms with Gasteiger partial charge in [0.05, 0.1) is 11.3 Å². The van der Waals surface area contributed by atoms with Gasteiger partial charge < -0.3 is 9.88 Å². The van der Waals surface area contributed by atoms with Crippen LogP contribution in [0.1, 0.15) is 6.92 Å². The van der Waals surface area contributed by atoms with Crippen molar-refractivity contribution < 1.29 is 9.18 Å². The topological polar surface area (TPSA) is 59.8 Å². The van der Waals surface area contributed by atoms with Gasteiger partial charge in [0.15, 0.2) is 11.0 Å². The van der Waals surface area contributed by atoms with Crippen LogP contribution in [0.3, 0.4) is 0 Å². The summed E-state index contributed by atoms with van der Waals surface area (Å²) in [6, 6.07) is 6.40. The third-order valence-electron chi connectivity index (χ3n) is 2.66. The molecule has 0 spiro atoms. The number of hydrogen-bond donors (Lipinski definition) is 1. The maximum Gasteiger partial charge on any atom is 0.230 e. The molecule has 0 aliphatic rings. The zero-order valence-electron chi connectivity index (χ0n) is 11.3. The van der Waals surface area contributed by atoms with Gasteiger partial charge in [0.2, 0.25) is 5.91 Å². The molecule has 0 aliphatic heterocycles. The first-order valence-electron chi connectivity index (χ1n) is 6.17. The SMILES string of the molecule is CCNC(=O)CSc1nnc(-c2ccccc2F)n1C. The molecule has 0 atom stereocenters. The van der Waals surface area contributed by atoms with E-state index in [9.17, 15) is 9.18 Å². The van der Waals surface area contributed by atoms with Crippen LogP contribution >= 0.6 is 11.8 Å². The maximum atomic E-state index is 13.7. The molecule has 1 amide bonds. The molecule has 0 unspecified atom stereocenters. The molecule has 1 aromatic carbocycles. The highest BCUT2D eigenvalue weighted by atomic mass is 32.2. The standard InChI is InChI=1S/C13H15FN4OS/c1-3-15-11(19)8-20-13-17-16-12(18(13)2)9-6-4-5-7-10(9)14/h4-7H,3,8H2,1-2H3,(H,15,19). The predicted molar refractivity (Wildman–Crippen MR) is 75.8 cm³/mol. The Hall–Kier alpha value is -1.89. The van der Waals surface area contributed by atoms with E-state index >= 15 is 0 Å². The first kappa shape index (κ1) is 14.5. The molecule has 106 valence electrons. The molecule has 0 fully saturated rings. The molecule has 0 saturated heterocycles. The van der Waals surface area contributed by atoms with Crippen molar-refractivity contribution in [2.75, 3.05) is 12.3 Å². The van der Waals surface area contributed by atoms with Gasteiger partial charge in [0, 0.05) is 13.6 Å². The van der Waals surface area contributed by atoms with Gasteiger partial charge in [-0.05, 0) is 19.1 Å². The van der Waals surface area contributed by atoms with Crippen LogP contribution < -0.4 is 5.32 Å². The van der Waals surface area contributed by atoms with Gasteiger partial charge in [-0.3, -0.25) is 4.79 Å².